The van der Waals surface area contributed by atoms with Gasteiger partial charge in [-0.15, -0.1) is 0 Å². The number of carbonyl (C=O) groups excluding carboxylic acids is 1. The van der Waals surface area contributed by atoms with Crippen molar-refractivity contribution < 1.29 is 27.6 Å². The molecule has 1 N–H and O–H groups in total. The fourth-order valence-corrected chi connectivity index (χ4v) is 4.92. The van der Waals surface area contributed by atoms with Crippen LogP contribution in [0.15, 0.2) is 42.5 Å². The standard InChI is InChI=1S/C26H31F3N4O4/c1-18-16-21(6-11-24(18)33(35)36)30-20-4-9-23(10-5-20)37-17-25(34)32-14-12-31(13-15-32)22-7-2-19(3-8-22)26(27,28)29/h2-3,6-8,11,16,20,23,30H,4-5,9-10,12-15,17H2,1H3/t20-,23-. The molecule has 2 aromatic carbocycles. The van der Waals surface area contributed by atoms with E-state index < -0.39 is 11.7 Å². The summed E-state index contributed by atoms with van der Waals surface area (Å²) in [4.78, 5) is 27.0. The Hall–Kier alpha value is -3.34. The van der Waals surface area contributed by atoms with E-state index >= 15 is 0 Å². The number of anilines is 2. The van der Waals surface area contributed by atoms with Crippen LogP contribution in [0.1, 0.15) is 36.8 Å². The number of nitrogens with one attached hydrogen (secondary N) is 1. The average Bonchev–Trinajstić information content (AvgIpc) is 2.87. The van der Waals surface area contributed by atoms with Gasteiger partial charge in [0.1, 0.15) is 6.61 Å². The Balaban J connectivity index is 1.16. The maximum atomic E-state index is 12.8. The number of amides is 1. The van der Waals surface area contributed by atoms with E-state index in [0.29, 0.717) is 37.4 Å². The van der Waals surface area contributed by atoms with Crippen LogP contribution in [0.25, 0.3) is 0 Å². The first-order valence-corrected chi connectivity index (χ1v) is 12.4. The molecule has 1 saturated heterocycles. The number of nitrogens with zero attached hydrogens (tertiary/aromatic N) is 3. The lowest BCUT2D eigenvalue weighted by Crippen LogP contribution is -2.50. The molecular formula is C26H31F3N4O4. The van der Waals surface area contributed by atoms with Crippen LogP contribution in [-0.2, 0) is 15.7 Å². The Morgan fingerprint density at radius 1 is 1.05 bits per heavy atom. The number of nitro benzene ring substituents is 1. The fourth-order valence-electron chi connectivity index (χ4n) is 4.92. The van der Waals surface area contributed by atoms with Crippen molar-refractivity contribution >= 4 is 23.0 Å². The molecule has 2 aromatic rings. The highest BCUT2D eigenvalue weighted by Crippen LogP contribution is 2.31. The number of nitro groups is 1. The van der Waals surface area contributed by atoms with Crippen LogP contribution in [-0.4, -0.2) is 60.7 Å². The first kappa shape index (κ1) is 26.7. The van der Waals surface area contributed by atoms with E-state index in [1.165, 1.54) is 18.2 Å². The molecule has 0 aromatic heterocycles. The molecule has 0 unspecified atom stereocenters. The molecule has 0 spiro atoms. The van der Waals surface area contributed by atoms with Gasteiger partial charge in [-0.3, -0.25) is 14.9 Å². The smallest absolute Gasteiger partial charge is 0.382 e. The van der Waals surface area contributed by atoms with Gasteiger partial charge < -0.3 is 19.9 Å². The molecule has 11 heteroatoms. The molecular weight excluding hydrogens is 489 g/mol. The SMILES string of the molecule is Cc1cc(N[C@H]2CC[C@H](OCC(=O)N3CCN(c4ccc(C(F)(F)F)cc4)CC3)CC2)ccc1[N+](=O)[O-]. The first-order valence-electron chi connectivity index (χ1n) is 12.4. The Morgan fingerprint density at radius 3 is 2.27 bits per heavy atom. The van der Waals surface area contributed by atoms with Gasteiger partial charge in [0.25, 0.3) is 5.69 Å². The fraction of sp³-hybridized carbons (Fsp3) is 0.500. The molecule has 1 amide bonds. The Labute approximate surface area is 213 Å². The Morgan fingerprint density at radius 2 is 1.70 bits per heavy atom. The van der Waals surface area contributed by atoms with Crippen molar-refractivity contribution in [3.05, 3.63) is 63.7 Å². The van der Waals surface area contributed by atoms with Crippen molar-refractivity contribution in [3.63, 3.8) is 0 Å². The number of rotatable bonds is 7. The van der Waals surface area contributed by atoms with Crippen molar-refractivity contribution in [1.82, 2.24) is 4.90 Å². The second-order valence-corrected chi connectivity index (χ2v) is 9.60. The number of halogens is 3. The van der Waals surface area contributed by atoms with Crippen LogP contribution in [0.3, 0.4) is 0 Å². The minimum absolute atomic E-state index is 0.00836. The number of ether oxygens (including phenoxy) is 1. The molecule has 1 saturated carbocycles. The molecule has 1 aliphatic carbocycles. The third-order valence-electron chi connectivity index (χ3n) is 7.07. The highest BCUT2D eigenvalue weighted by molar-refractivity contribution is 5.77. The monoisotopic (exact) mass is 520 g/mol. The largest absolute Gasteiger partial charge is 0.416 e. The number of alkyl halides is 3. The van der Waals surface area contributed by atoms with E-state index in [2.05, 4.69) is 5.32 Å². The minimum atomic E-state index is -4.36. The quantitative estimate of drug-likeness (QED) is 0.408. The van der Waals surface area contributed by atoms with Crippen molar-refractivity contribution in [2.75, 3.05) is 43.0 Å². The van der Waals surface area contributed by atoms with E-state index in [0.717, 1.165) is 43.5 Å². The molecule has 200 valence electrons. The van der Waals surface area contributed by atoms with Crippen LogP contribution in [0.4, 0.5) is 30.2 Å². The zero-order valence-corrected chi connectivity index (χ0v) is 20.7. The summed E-state index contributed by atoms with van der Waals surface area (Å²) in [5.41, 5.74) is 1.62. The molecule has 2 aliphatic rings. The van der Waals surface area contributed by atoms with Crippen LogP contribution < -0.4 is 10.2 Å². The zero-order valence-electron chi connectivity index (χ0n) is 20.7. The number of carbonyl (C=O) groups is 1. The van der Waals surface area contributed by atoms with Gasteiger partial charge in [0, 0.05) is 55.2 Å². The summed E-state index contributed by atoms with van der Waals surface area (Å²) < 4.78 is 44.2. The number of aryl methyl sites for hydroxylation is 1. The van der Waals surface area contributed by atoms with E-state index in [1.807, 2.05) is 4.90 Å². The van der Waals surface area contributed by atoms with Crippen molar-refractivity contribution in [2.24, 2.45) is 0 Å². The van der Waals surface area contributed by atoms with E-state index in [-0.39, 0.29) is 35.3 Å². The topological polar surface area (TPSA) is 88.0 Å². The van der Waals surface area contributed by atoms with Gasteiger partial charge in [0.15, 0.2) is 0 Å². The van der Waals surface area contributed by atoms with Gasteiger partial charge in [-0.25, -0.2) is 0 Å². The van der Waals surface area contributed by atoms with Gasteiger partial charge in [0.2, 0.25) is 5.91 Å². The molecule has 8 nitrogen and oxygen atoms in total. The molecule has 2 fully saturated rings. The average molecular weight is 521 g/mol. The molecule has 37 heavy (non-hydrogen) atoms. The zero-order chi connectivity index (χ0) is 26.6. The van der Waals surface area contributed by atoms with Crippen molar-refractivity contribution in [2.45, 2.75) is 50.9 Å². The minimum Gasteiger partial charge on any atom is -0.382 e. The van der Waals surface area contributed by atoms with Crippen LogP contribution >= 0.6 is 0 Å². The summed E-state index contributed by atoms with van der Waals surface area (Å²) in [5, 5.41) is 14.4. The second kappa shape index (κ2) is 11.4. The third-order valence-corrected chi connectivity index (χ3v) is 7.07. The Bertz CT molecular complexity index is 1090. The second-order valence-electron chi connectivity index (χ2n) is 9.60. The number of benzene rings is 2. The van der Waals surface area contributed by atoms with Gasteiger partial charge >= 0.3 is 6.18 Å². The molecule has 1 aliphatic heterocycles. The lowest BCUT2D eigenvalue weighted by atomic mass is 9.92. The molecule has 0 radical (unpaired) electrons. The molecule has 1 heterocycles. The summed E-state index contributed by atoms with van der Waals surface area (Å²) in [5.74, 6) is -0.0753. The number of piperazine rings is 1. The molecule has 4 rings (SSSR count). The lowest BCUT2D eigenvalue weighted by molar-refractivity contribution is -0.385. The number of hydrogen-bond donors (Lipinski definition) is 1. The molecule has 0 bridgehead atoms. The normalized spacial score (nSPS) is 20.5. The van der Waals surface area contributed by atoms with E-state index in [1.54, 1.807) is 24.0 Å². The Kier molecular flexibility index (Phi) is 8.21. The highest BCUT2D eigenvalue weighted by atomic mass is 19.4. The summed E-state index contributed by atoms with van der Waals surface area (Å²) >= 11 is 0. The van der Waals surface area contributed by atoms with E-state index in [4.69, 9.17) is 4.74 Å². The van der Waals surface area contributed by atoms with Crippen LogP contribution in [0, 0.1) is 17.0 Å². The van der Waals surface area contributed by atoms with Crippen molar-refractivity contribution in [1.29, 1.82) is 0 Å². The van der Waals surface area contributed by atoms with Crippen LogP contribution in [0.2, 0.25) is 0 Å². The van der Waals surface area contributed by atoms with Crippen LogP contribution in [0.5, 0.6) is 0 Å². The van der Waals surface area contributed by atoms with Gasteiger partial charge in [-0.2, -0.15) is 13.2 Å². The maximum Gasteiger partial charge on any atom is 0.416 e. The predicted octanol–water partition coefficient (Wildman–Crippen LogP) is 5.01. The maximum absolute atomic E-state index is 12.8. The predicted molar refractivity (Wildman–Crippen MR) is 134 cm³/mol. The summed E-state index contributed by atoms with van der Waals surface area (Å²) in [6.07, 6.45) is -0.960. The third kappa shape index (κ3) is 6.91. The van der Waals surface area contributed by atoms with Gasteiger partial charge in [-0.1, -0.05) is 0 Å². The lowest BCUT2D eigenvalue weighted by Gasteiger charge is -2.36. The molecule has 0 atom stereocenters. The summed E-state index contributed by atoms with van der Waals surface area (Å²) in [6.45, 7) is 3.83. The number of hydrogen-bond acceptors (Lipinski definition) is 6. The first-order chi connectivity index (χ1) is 17.6. The van der Waals surface area contributed by atoms with Gasteiger partial charge in [-0.05, 0) is 69.0 Å². The van der Waals surface area contributed by atoms with E-state index in [9.17, 15) is 28.1 Å². The highest BCUT2D eigenvalue weighted by Gasteiger charge is 2.30. The summed E-state index contributed by atoms with van der Waals surface area (Å²) in [7, 11) is 0. The van der Waals surface area contributed by atoms with Crippen molar-refractivity contribution in [3.8, 4) is 0 Å². The summed E-state index contributed by atoms with van der Waals surface area (Å²) in [6, 6.07) is 10.4. The van der Waals surface area contributed by atoms with Gasteiger partial charge in [0.05, 0.1) is 16.6 Å².